The first kappa shape index (κ1) is 28.9. The molecule has 0 saturated carbocycles. The Hall–Kier alpha value is -8.67. The van der Waals surface area contributed by atoms with Gasteiger partial charge in [-0.05, 0) is 82.1 Å². The molecule has 0 aliphatic heterocycles. The van der Waals surface area contributed by atoms with Crippen LogP contribution in [0.1, 0.15) is 48.6 Å². The zero-order chi connectivity index (χ0) is 55.3. The van der Waals surface area contributed by atoms with Crippen LogP contribution in [0.5, 0.6) is 11.5 Å². The van der Waals surface area contributed by atoms with Crippen LogP contribution >= 0.6 is 0 Å². The molecular weight excluding hydrogens is 811 g/mol. The van der Waals surface area contributed by atoms with E-state index >= 15 is 0 Å². The third-order valence-corrected chi connectivity index (χ3v) is 11.0. The van der Waals surface area contributed by atoms with Gasteiger partial charge in [0.1, 0.15) is 23.4 Å². The lowest BCUT2D eigenvalue weighted by molar-refractivity contribution is -0.571. The predicted octanol–water partition coefficient (Wildman–Crippen LogP) is 13.2. The number of hydrogen-bond donors (Lipinski definition) is 0. The summed E-state index contributed by atoms with van der Waals surface area (Å²) in [7, 11) is 0. The summed E-state index contributed by atoms with van der Waals surface area (Å²) in [5.74, 6) is 1.34. The van der Waals surface area contributed by atoms with E-state index in [0.29, 0.717) is 50.7 Å². The topological polar surface area (TPSA) is 85.4 Å². The van der Waals surface area contributed by atoms with E-state index in [9.17, 15) is 8.00 Å². The molecule has 0 radical (unpaired) electrons. The van der Waals surface area contributed by atoms with Crippen LogP contribution in [0.15, 0.2) is 194 Å². The van der Waals surface area contributed by atoms with E-state index in [1.807, 2.05) is 92.1 Å². The Morgan fingerprint density at radius 2 is 1.30 bits per heavy atom. The summed E-state index contributed by atoms with van der Waals surface area (Å²) in [6.45, 7) is 5.49. The molecule has 4 aromatic heterocycles. The fraction of sp³-hybridized carbons (Fsp3) is 0.0862. The van der Waals surface area contributed by atoms with Gasteiger partial charge in [0.15, 0.2) is 0 Å². The van der Waals surface area contributed by atoms with Crippen molar-refractivity contribution in [3.8, 4) is 68.1 Å². The lowest BCUT2D eigenvalue weighted by atomic mass is 9.86. The normalized spacial score (nSPS) is 14.4. The summed E-state index contributed by atoms with van der Waals surface area (Å²) in [4.78, 5) is 13.2. The van der Waals surface area contributed by atoms with Gasteiger partial charge < -0.3 is 4.74 Å². The molecule has 0 aliphatic rings. The summed E-state index contributed by atoms with van der Waals surface area (Å²) >= 11 is 0. The van der Waals surface area contributed by atoms with Crippen molar-refractivity contribution in [1.29, 1.82) is 5.26 Å². The van der Waals surface area contributed by atoms with Gasteiger partial charge in [0.05, 0.1) is 47.1 Å². The van der Waals surface area contributed by atoms with Gasteiger partial charge in [-0.2, -0.15) is 5.26 Å². The van der Waals surface area contributed by atoms with Gasteiger partial charge in [0.2, 0.25) is 5.82 Å². The van der Waals surface area contributed by atoms with E-state index in [1.165, 1.54) is 12.4 Å². The van der Waals surface area contributed by atoms with Crippen molar-refractivity contribution in [3.05, 3.63) is 212 Å². The fourth-order valence-electron chi connectivity index (χ4n) is 8.29. The Labute approximate surface area is 399 Å². The second kappa shape index (κ2) is 16.5. The minimum Gasteiger partial charge on any atom is -0.458 e. The number of pyridine rings is 1. The zero-order valence-corrected chi connectivity index (χ0v) is 35.7. The molecule has 0 bridgehead atoms. The maximum Gasteiger partial charge on any atom is 0.269 e. The van der Waals surface area contributed by atoms with Crippen molar-refractivity contribution >= 4 is 32.8 Å². The molecular formula is C58H43N7O. The number of hydrogen-bond acceptors (Lipinski definition) is 5. The summed E-state index contributed by atoms with van der Waals surface area (Å²) in [5, 5.41) is 11.2. The van der Waals surface area contributed by atoms with E-state index in [2.05, 4.69) is 16.3 Å². The number of nitrogens with zero attached hydrogens (tertiary/aromatic N) is 7. The van der Waals surface area contributed by atoms with E-state index < -0.39 is 72.2 Å². The highest BCUT2D eigenvalue weighted by Crippen LogP contribution is 2.38. The van der Waals surface area contributed by atoms with Gasteiger partial charge in [-0.3, -0.25) is 13.7 Å². The third-order valence-electron chi connectivity index (χ3n) is 11.0. The standard InChI is InChI=1S/C58H43N7O/c1-58(2,3)33-41-30-56(62-37-50(41)42-35-60-55(34-59)61-36-42)65-51-25-11-10-22-48(51)49-29-28-45(32-54(49)65)66-44-21-14-20-43(31-44)63-38-64(53-27-13-12-26-52(53)63)57-46(39-16-6-4-7-17-39)23-15-24-47(57)40-18-8-5-9-19-40/h4-32,35-37H,33H2,1-3H3/i4D,5D,6D,7D,8D,9D,16D,17D,18D,19D,33D2. The molecule has 0 unspecified atom stereocenters. The summed E-state index contributed by atoms with van der Waals surface area (Å²) in [6, 6.07) is 31.0. The highest BCUT2D eigenvalue weighted by molar-refractivity contribution is 6.09. The van der Waals surface area contributed by atoms with E-state index in [0.717, 1.165) is 21.8 Å². The van der Waals surface area contributed by atoms with Gasteiger partial charge in [-0.1, -0.05) is 148 Å². The first-order valence-corrected chi connectivity index (χ1v) is 21.0. The van der Waals surface area contributed by atoms with Crippen molar-refractivity contribution < 1.29 is 25.8 Å². The molecule has 316 valence electrons. The highest BCUT2D eigenvalue weighted by Gasteiger charge is 2.22. The molecule has 0 fully saturated rings. The second-order valence-electron chi connectivity index (χ2n) is 16.5. The Kier molecular flexibility index (Phi) is 7.21. The third kappa shape index (κ3) is 7.42. The number of imidazole rings is 1. The van der Waals surface area contributed by atoms with E-state index in [4.69, 9.17) is 23.4 Å². The number of aromatic nitrogens is 6. The number of ether oxygens (including phenoxy) is 1. The van der Waals surface area contributed by atoms with Crippen molar-refractivity contribution in [1.82, 2.24) is 24.1 Å². The molecule has 0 saturated heterocycles. The molecule has 0 aliphatic carbocycles. The molecule has 0 N–H and O–H groups in total. The van der Waals surface area contributed by atoms with Crippen LogP contribution in [0.25, 0.3) is 83.4 Å². The van der Waals surface area contributed by atoms with Crippen LogP contribution in [-0.4, -0.2) is 24.1 Å². The van der Waals surface area contributed by atoms with Crippen molar-refractivity contribution in [3.63, 3.8) is 0 Å². The van der Waals surface area contributed by atoms with Crippen LogP contribution in [0.3, 0.4) is 0 Å². The summed E-state index contributed by atoms with van der Waals surface area (Å²) < 4.78 is 118. The Balaban J connectivity index is 1.06. The largest absolute Gasteiger partial charge is 0.458 e. The van der Waals surface area contributed by atoms with Crippen molar-refractivity contribution in [2.75, 3.05) is 0 Å². The number of para-hydroxylation sites is 4. The lowest BCUT2D eigenvalue weighted by Gasteiger charge is -2.21. The monoisotopic (exact) mass is 865 g/mol. The average molecular weight is 866 g/mol. The lowest BCUT2D eigenvalue weighted by Crippen LogP contribution is -2.31. The first-order chi connectivity index (χ1) is 37.2. The maximum atomic E-state index is 9.47. The van der Waals surface area contributed by atoms with Gasteiger partial charge in [-0.25, -0.2) is 15.0 Å². The fourth-order valence-corrected chi connectivity index (χ4v) is 8.29. The zero-order valence-electron chi connectivity index (χ0n) is 47.7. The minimum absolute atomic E-state index is 0.00979. The first-order valence-electron chi connectivity index (χ1n) is 27.0. The van der Waals surface area contributed by atoms with Gasteiger partial charge in [-0.15, -0.1) is 0 Å². The van der Waals surface area contributed by atoms with Crippen LogP contribution < -0.4 is 9.30 Å². The molecule has 8 heteroatoms. The number of fused-ring (bicyclic) bond motifs is 4. The molecule has 11 rings (SSSR count). The van der Waals surface area contributed by atoms with E-state index in [-0.39, 0.29) is 33.8 Å². The van der Waals surface area contributed by atoms with Gasteiger partial charge >= 0.3 is 0 Å². The van der Waals surface area contributed by atoms with Crippen LogP contribution in [0, 0.1) is 23.1 Å². The summed E-state index contributed by atoms with van der Waals surface area (Å²) in [5.41, 5.74) is 3.81. The molecule has 0 atom stereocenters. The average Bonchev–Trinajstić information content (AvgIpc) is 4.16. The second-order valence-corrected chi connectivity index (χ2v) is 16.5. The van der Waals surface area contributed by atoms with Crippen LogP contribution in [-0.2, 0) is 6.37 Å². The number of benzene rings is 7. The Morgan fingerprint density at radius 1 is 0.652 bits per heavy atom. The van der Waals surface area contributed by atoms with Crippen LogP contribution in [0.2, 0.25) is 0 Å². The molecule has 7 aromatic carbocycles. The van der Waals surface area contributed by atoms with E-state index in [1.54, 1.807) is 69.9 Å². The minimum atomic E-state index is -1.88. The number of rotatable bonds is 9. The molecule has 0 spiro atoms. The van der Waals surface area contributed by atoms with Gasteiger partial charge in [0.25, 0.3) is 6.33 Å². The summed E-state index contributed by atoms with van der Waals surface area (Å²) in [6.07, 6.45) is 6.14. The van der Waals surface area contributed by atoms with Gasteiger partial charge in [0, 0.05) is 49.3 Å². The van der Waals surface area contributed by atoms with Crippen molar-refractivity contribution in [2.24, 2.45) is 5.41 Å². The maximum absolute atomic E-state index is 9.47. The highest BCUT2D eigenvalue weighted by atomic mass is 16.5. The van der Waals surface area contributed by atoms with Crippen molar-refractivity contribution in [2.45, 2.75) is 27.1 Å². The molecule has 11 aromatic rings. The quantitative estimate of drug-likeness (QED) is 0.107. The smallest absolute Gasteiger partial charge is 0.269 e. The molecule has 8 nitrogen and oxygen atoms in total. The predicted molar refractivity (Wildman–Crippen MR) is 262 cm³/mol. The molecule has 0 amide bonds. The van der Waals surface area contributed by atoms with Crippen LogP contribution in [0.4, 0.5) is 0 Å². The Morgan fingerprint density at radius 3 is 2.02 bits per heavy atom. The SMILES string of the molecule is [2H]c1c([2H])c([2H])c(-c2cccc(-c3c([2H])c([2H])c([2H])c([2H])c3[2H])c2-[n+]2[c-]n(-c3cccc(Oc4ccc5c6ccccc6n(-c6cc(C([2H])([2H])C(C)(C)C)c(-c7cnc(C#N)nc7)cn6)c5c4)c3)c3ccccc32)c([2H])c1[2H]. The molecule has 4 heterocycles. The molecule has 66 heavy (non-hydrogen) atoms. The Bertz CT molecular complexity index is 4210. The number of nitriles is 1.